The van der Waals surface area contributed by atoms with Crippen molar-refractivity contribution in [2.45, 2.75) is 12.5 Å². The molecule has 1 fully saturated rings. The van der Waals surface area contributed by atoms with Crippen molar-refractivity contribution in [3.63, 3.8) is 0 Å². The Morgan fingerprint density at radius 2 is 2.10 bits per heavy atom. The molecule has 0 unspecified atom stereocenters. The maximum Gasteiger partial charge on any atom is 0.229 e. The molecule has 2 aromatic carbocycles. The van der Waals surface area contributed by atoms with Crippen LogP contribution in [0.3, 0.4) is 0 Å². The first kappa shape index (κ1) is 21.8. The van der Waals surface area contributed by atoms with Crippen LogP contribution in [-0.2, 0) is 18.4 Å². The fraction of sp³-hybridized carbons (Fsp3) is 0.273. The normalized spacial score (nSPS) is 17.9. The summed E-state index contributed by atoms with van der Waals surface area (Å²) < 4.78 is 20.7. The van der Waals surface area contributed by atoms with E-state index < -0.39 is 0 Å². The minimum absolute atomic E-state index is 0. The minimum Gasteiger partial charge on any atom is -0.489 e. The highest BCUT2D eigenvalue weighted by molar-refractivity contribution is 5.93. The molecule has 8 heteroatoms. The minimum atomic E-state index is -0.336. The number of carbonyl (C=O) groups excluding carboxylic acids is 1. The molecule has 0 bridgehead atoms. The molecule has 1 aliphatic heterocycles. The summed E-state index contributed by atoms with van der Waals surface area (Å²) in [5.41, 5.74) is 2.67. The lowest BCUT2D eigenvalue weighted by Gasteiger charge is -2.17. The van der Waals surface area contributed by atoms with Gasteiger partial charge in [0, 0.05) is 44.0 Å². The number of halogens is 2. The Morgan fingerprint density at radius 1 is 1.27 bits per heavy atom. The Bertz CT molecular complexity index is 1010. The van der Waals surface area contributed by atoms with Crippen LogP contribution in [0.4, 0.5) is 10.1 Å². The summed E-state index contributed by atoms with van der Waals surface area (Å²) in [7, 11) is 1.87. The van der Waals surface area contributed by atoms with Crippen LogP contribution in [0.1, 0.15) is 17.0 Å². The van der Waals surface area contributed by atoms with Crippen molar-refractivity contribution >= 4 is 24.0 Å². The molecule has 3 aromatic rings. The zero-order valence-corrected chi connectivity index (χ0v) is 17.4. The highest BCUT2D eigenvalue weighted by Gasteiger charge is 2.34. The molecule has 1 saturated heterocycles. The smallest absolute Gasteiger partial charge is 0.229 e. The van der Waals surface area contributed by atoms with E-state index in [0.717, 1.165) is 17.7 Å². The maximum atomic E-state index is 13.3. The summed E-state index contributed by atoms with van der Waals surface area (Å²) in [4.78, 5) is 12.9. The predicted molar refractivity (Wildman–Crippen MR) is 115 cm³/mol. The van der Waals surface area contributed by atoms with Crippen molar-refractivity contribution in [2.75, 3.05) is 18.4 Å². The number of anilines is 1. The predicted octanol–water partition coefficient (Wildman–Crippen LogP) is 3.50. The Balaban J connectivity index is 0.00000256. The van der Waals surface area contributed by atoms with E-state index >= 15 is 0 Å². The Morgan fingerprint density at radius 3 is 2.87 bits per heavy atom. The number of amides is 1. The van der Waals surface area contributed by atoms with Gasteiger partial charge in [-0.25, -0.2) is 4.39 Å². The van der Waals surface area contributed by atoms with Crippen LogP contribution in [-0.4, -0.2) is 28.8 Å². The number of nitrogens with zero attached hydrogens (tertiary/aromatic N) is 2. The summed E-state index contributed by atoms with van der Waals surface area (Å²) in [6.07, 6.45) is 3.78. The highest BCUT2D eigenvalue weighted by Crippen LogP contribution is 2.29. The van der Waals surface area contributed by atoms with Gasteiger partial charge in [0.1, 0.15) is 18.2 Å². The van der Waals surface area contributed by atoms with E-state index in [1.165, 1.54) is 12.1 Å². The van der Waals surface area contributed by atoms with E-state index in [2.05, 4.69) is 15.7 Å². The van der Waals surface area contributed by atoms with Crippen molar-refractivity contribution in [1.29, 1.82) is 0 Å². The van der Waals surface area contributed by atoms with E-state index in [1.807, 2.05) is 43.7 Å². The van der Waals surface area contributed by atoms with Gasteiger partial charge in [-0.2, -0.15) is 5.10 Å². The molecule has 30 heavy (non-hydrogen) atoms. The Hall–Kier alpha value is -2.90. The monoisotopic (exact) mass is 430 g/mol. The lowest BCUT2D eigenvalue weighted by atomic mass is 9.90. The molecule has 158 valence electrons. The summed E-state index contributed by atoms with van der Waals surface area (Å²) in [6, 6.07) is 13.5. The van der Waals surface area contributed by atoms with E-state index in [4.69, 9.17) is 4.74 Å². The van der Waals surface area contributed by atoms with Crippen LogP contribution in [0.2, 0.25) is 0 Å². The highest BCUT2D eigenvalue weighted by atomic mass is 35.5. The standard InChI is InChI=1S/C22H23FN4O2.ClH/c1-27-13-16(10-25-27)20-11-24-12-21(20)22(28)26-18-6-2-4-15(8-18)14-29-19-7-3-5-17(23)9-19;/h2-10,13,20-21,24H,11-12,14H2,1H3,(H,26,28);1H/t20-,21+;/m1./s1. The van der Waals surface area contributed by atoms with Crippen LogP contribution in [0.15, 0.2) is 60.9 Å². The van der Waals surface area contributed by atoms with Gasteiger partial charge in [0.05, 0.1) is 12.1 Å². The molecular weight excluding hydrogens is 407 g/mol. The van der Waals surface area contributed by atoms with E-state index in [-0.39, 0.29) is 42.6 Å². The van der Waals surface area contributed by atoms with Crippen molar-refractivity contribution in [1.82, 2.24) is 15.1 Å². The molecule has 1 amide bonds. The van der Waals surface area contributed by atoms with Crippen molar-refractivity contribution < 1.29 is 13.9 Å². The molecule has 1 aromatic heterocycles. The quantitative estimate of drug-likeness (QED) is 0.628. The molecule has 2 atom stereocenters. The molecule has 2 heterocycles. The van der Waals surface area contributed by atoms with Crippen LogP contribution >= 0.6 is 12.4 Å². The number of aryl methyl sites for hydroxylation is 1. The van der Waals surface area contributed by atoms with Crippen LogP contribution in [0.25, 0.3) is 0 Å². The van der Waals surface area contributed by atoms with E-state index in [1.54, 1.807) is 16.8 Å². The average molecular weight is 431 g/mol. The number of hydrogen-bond donors (Lipinski definition) is 2. The second-order valence-corrected chi connectivity index (χ2v) is 7.25. The average Bonchev–Trinajstić information content (AvgIpc) is 3.35. The third kappa shape index (κ3) is 5.17. The fourth-order valence-electron chi connectivity index (χ4n) is 3.63. The van der Waals surface area contributed by atoms with Crippen molar-refractivity contribution in [3.8, 4) is 5.75 Å². The molecule has 0 radical (unpaired) electrons. The second kappa shape index (κ2) is 9.73. The van der Waals surface area contributed by atoms with E-state index in [0.29, 0.717) is 18.0 Å². The summed E-state index contributed by atoms with van der Waals surface area (Å²) >= 11 is 0. The first-order valence-electron chi connectivity index (χ1n) is 9.56. The van der Waals surface area contributed by atoms with Gasteiger partial charge in [0.15, 0.2) is 0 Å². The fourth-order valence-corrected chi connectivity index (χ4v) is 3.63. The van der Waals surface area contributed by atoms with E-state index in [9.17, 15) is 9.18 Å². The lowest BCUT2D eigenvalue weighted by molar-refractivity contribution is -0.119. The summed E-state index contributed by atoms with van der Waals surface area (Å²) in [5, 5.41) is 10.5. The molecule has 1 aliphatic rings. The van der Waals surface area contributed by atoms with Crippen molar-refractivity contribution in [2.24, 2.45) is 13.0 Å². The third-order valence-electron chi connectivity index (χ3n) is 5.10. The zero-order valence-electron chi connectivity index (χ0n) is 16.5. The molecule has 4 rings (SSSR count). The van der Waals surface area contributed by atoms with Gasteiger partial charge in [-0.05, 0) is 35.4 Å². The molecular formula is C22H24ClFN4O2. The number of benzene rings is 2. The second-order valence-electron chi connectivity index (χ2n) is 7.25. The number of rotatable bonds is 6. The van der Waals surface area contributed by atoms with Crippen LogP contribution in [0, 0.1) is 11.7 Å². The van der Waals surface area contributed by atoms with Gasteiger partial charge in [0.25, 0.3) is 0 Å². The molecule has 2 N–H and O–H groups in total. The number of aromatic nitrogens is 2. The number of carbonyl (C=O) groups is 1. The largest absolute Gasteiger partial charge is 0.489 e. The van der Waals surface area contributed by atoms with Crippen molar-refractivity contribution in [3.05, 3.63) is 77.9 Å². The SMILES string of the molecule is Cl.Cn1cc([C@H]2CNC[C@@H]2C(=O)Nc2cccc(COc3cccc(F)c3)c2)cn1. The molecule has 0 aliphatic carbocycles. The van der Waals surface area contributed by atoms with Gasteiger partial charge in [-0.1, -0.05) is 18.2 Å². The molecule has 0 spiro atoms. The van der Waals surface area contributed by atoms with Gasteiger partial charge >= 0.3 is 0 Å². The van der Waals surface area contributed by atoms with Crippen LogP contribution in [0.5, 0.6) is 5.75 Å². The topological polar surface area (TPSA) is 68.2 Å². The number of hydrogen-bond acceptors (Lipinski definition) is 4. The molecule has 0 saturated carbocycles. The van der Waals surface area contributed by atoms with Gasteiger partial charge < -0.3 is 15.4 Å². The summed E-state index contributed by atoms with van der Waals surface area (Å²) in [5.74, 6) is 0.0503. The van der Waals surface area contributed by atoms with Gasteiger partial charge in [-0.15, -0.1) is 12.4 Å². The van der Waals surface area contributed by atoms with Gasteiger partial charge in [-0.3, -0.25) is 9.48 Å². The molecule has 6 nitrogen and oxygen atoms in total. The first-order chi connectivity index (χ1) is 14.1. The van der Waals surface area contributed by atoms with Crippen LogP contribution < -0.4 is 15.4 Å². The van der Waals surface area contributed by atoms with Gasteiger partial charge in [0.2, 0.25) is 5.91 Å². The summed E-state index contributed by atoms with van der Waals surface area (Å²) in [6.45, 7) is 1.68. The number of nitrogens with one attached hydrogen (secondary N) is 2. The first-order valence-corrected chi connectivity index (χ1v) is 9.56. The lowest BCUT2D eigenvalue weighted by Crippen LogP contribution is -2.28. The maximum absolute atomic E-state index is 13.3. The third-order valence-corrected chi connectivity index (χ3v) is 5.10. The number of ether oxygens (including phenoxy) is 1. The zero-order chi connectivity index (χ0) is 20.2. The Kier molecular flexibility index (Phi) is 7.07. The Labute approximate surface area is 180 Å².